The molecule has 1 N–H and O–H groups in total. The van der Waals surface area contributed by atoms with Crippen molar-refractivity contribution in [2.75, 3.05) is 0 Å². The lowest BCUT2D eigenvalue weighted by molar-refractivity contribution is 0.391. The normalized spacial score (nSPS) is 14.3. The lowest BCUT2D eigenvalue weighted by atomic mass is 10.2. The summed E-state index contributed by atoms with van der Waals surface area (Å²) in [5.74, 6) is 0. The SMILES string of the molecule is CC(c1ccccc1)[Si](C)O[Si](C)(C)O. The van der Waals surface area contributed by atoms with Crippen LogP contribution in [0, 0.1) is 0 Å². The van der Waals surface area contributed by atoms with E-state index in [0.29, 0.717) is 5.54 Å². The van der Waals surface area contributed by atoms with Crippen LogP contribution in [-0.4, -0.2) is 22.4 Å². The summed E-state index contributed by atoms with van der Waals surface area (Å²) < 4.78 is 5.75. The predicted octanol–water partition coefficient (Wildman–Crippen LogP) is 2.66. The number of hydrogen-bond donors (Lipinski definition) is 1. The maximum Gasteiger partial charge on any atom is 0.318 e. The van der Waals surface area contributed by atoms with Crippen LogP contribution in [0.1, 0.15) is 18.0 Å². The zero-order valence-corrected chi connectivity index (χ0v) is 11.8. The fraction of sp³-hybridized carbons (Fsp3) is 0.455. The molecule has 2 nitrogen and oxygen atoms in total. The molecule has 0 heterocycles. The van der Waals surface area contributed by atoms with Crippen LogP contribution in [0.3, 0.4) is 0 Å². The van der Waals surface area contributed by atoms with Gasteiger partial charge < -0.3 is 8.91 Å². The van der Waals surface area contributed by atoms with E-state index in [2.05, 4.69) is 25.6 Å². The summed E-state index contributed by atoms with van der Waals surface area (Å²) in [5, 5.41) is 0. The molecule has 1 radical (unpaired) electrons. The maximum absolute atomic E-state index is 9.73. The molecule has 0 aromatic heterocycles. The van der Waals surface area contributed by atoms with Crippen LogP contribution in [0.15, 0.2) is 30.3 Å². The molecule has 0 amide bonds. The van der Waals surface area contributed by atoms with Gasteiger partial charge in [0.2, 0.25) is 9.04 Å². The first kappa shape index (κ1) is 12.6. The van der Waals surface area contributed by atoms with Crippen molar-refractivity contribution in [3.8, 4) is 0 Å². The highest BCUT2D eigenvalue weighted by molar-refractivity contribution is 6.72. The molecule has 0 saturated carbocycles. The Morgan fingerprint density at radius 1 is 1.27 bits per heavy atom. The van der Waals surface area contributed by atoms with E-state index in [9.17, 15) is 4.80 Å². The van der Waals surface area contributed by atoms with Crippen molar-refractivity contribution in [2.45, 2.75) is 32.1 Å². The largest absolute Gasteiger partial charge is 0.435 e. The molecule has 0 fully saturated rings. The highest BCUT2D eigenvalue weighted by atomic mass is 28.4. The van der Waals surface area contributed by atoms with Gasteiger partial charge in [0.25, 0.3) is 0 Å². The molecular weight excluding hydrogens is 220 g/mol. The fourth-order valence-electron chi connectivity index (χ4n) is 1.46. The summed E-state index contributed by atoms with van der Waals surface area (Å²) in [7, 11) is -3.34. The van der Waals surface area contributed by atoms with Crippen molar-refractivity contribution in [3.63, 3.8) is 0 Å². The van der Waals surface area contributed by atoms with Crippen LogP contribution in [0.25, 0.3) is 0 Å². The minimum absolute atomic E-state index is 0.412. The van der Waals surface area contributed by atoms with Gasteiger partial charge in [-0.15, -0.1) is 0 Å². The Morgan fingerprint density at radius 2 is 1.80 bits per heavy atom. The van der Waals surface area contributed by atoms with Crippen LogP contribution < -0.4 is 0 Å². The highest BCUT2D eigenvalue weighted by Gasteiger charge is 2.27. The Labute approximate surface area is 94.9 Å². The van der Waals surface area contributed by atoms with Crippen molar-refractivity contribution < 1.29 is 8.91 Å². The average molecular weight is 239 g/mol. The summed E-state index contributed by atoms with van der Waals surface area (Å²) in [6.45, 7) is 7.93. The van der Waals surface area contributed by atoms with Gasteiger partial charge in [-0.2, -0.15) is 0 Å². The van der Waals surface area contributed by atoms with Crippen LogP contribution >= 0.6 is 0 Å². The van der Waals surface area contributed by atoms with Crippen molar-refractivity contribution in [2.24, 2.45) is 0 Å². The minimum atomic E-state index is -2.37. The number of hydrogen-bond acceptors (Lipinski definition) is 2. The van der Waals surface area contributed by atoms with Gasteiger partial charge in [-0.25, -0.2) is 0 Å². The molecule has 1 unspecified atom stereocenters. The molecule has 83 valence electrons. The molecule has 0 aliphatic heterocycles. The first-order chi connectivity index (χ1) is 6.90. The molecule has 1 rings (SSSR count). The van der Waals surface area contributed by atoms with Crippen molar-refractivity contribution in [1.82, 2.24) is 0 Å². The van der Waals surface area contributed by atoms with E-state index in [0.717, 1.165) is 0 Å². The lowest BCUT2D eigenvalue weighted by Gasteiger charge is -2.25. The number of rotatable bonds is 4. The first-order valence-electron chi connectivity index (χ1n) is 5.20. The summed E-state index contributed by atoms with van der Waals surface area (Å²) in [4.78, 5) is 9.73. The second kappa shape index (κ2) is 5.07. The van der Waals surface area contributed by atoms with E-state index in [1.165, 1.54) is 5.56 Å². The third-order valence-corrected chi connectivity index (χ3v) is 7.16. The smallest absolute Gasteiger partial charge is 0.318 e. The minimum Gasteiger partial charge on any atom is -0.435 e. The zero-order valence-electron chi connectivity index (χ0n) is 9.82. The van der Waals surface area contributed by atoms with Crippen molar-refractivity contribution in [3.05, 3.63) is 35.9 Å². The second-order valence-electron chi connectivity index (χ2n) is 4.29. The monoisotopic (exact) mass is 239 g/mol. The zero-order chi connectivity index (χ0) is 11.5. The van der Waals surface area contributed by atoms with Gasteiger partial charge in [-0.3, -0.25) is 0 Å². The Bertz CT molecular complexity index is 295. The van der Waals surface area contributed by atoms with Crippen molar-refractivity contribution in [1.29, 1.82) is 0 Å². The molecule has 4 heteroatoms. The standard InChI is InChI=1S/C11H19O2Si2/c1-10(11-8-6-5-7-9-11)14(2)13-15(3,4)12/h5-10,12H,1-4H3. The number of benzene rings is 1. The van der Waals surface area contributed by atoms with Crippen LogP contribution in [0.2, 0.25) is 19.6 Å². The van der Waals surface area contributed by atoms with Crippen LogP contribution in [0.5, 0.6) is 0 Å². The maximum atomic E-state index is 9.73. The van der Waals surface area contributed by atoms with Gasteiger partial charge >= 0.3 is 8.56 Å². The fourth-order valence-corrected chi connectivity index (χ4v) is 5.98. The van der Waals surface area contributed by atoms with Gasteiger partial charge in [0, 0.05) is 0 Å². The summed E-state index contributed by atoms with van der Waals surface area (Å²) in [6, 6.07) is 10.3. The molecule has 0 aliphatic carbocycles. The highest BCUT2D eigenvalue weighted by Crippen LogP contribution is 2.20. The molecule has 0 aliphatic rings. The van der Waals surface area contributed by atoms with Gasteiger partial charge in [-0.05, 0) is 30.7 Å². The van der Waals surface area contributed by atoms with Gasteiger partial charge in [0.1, 0.15) is 0 Å². The second-order valence-corrected chi connectivity index (χ2v) is 10.1. The van der Waals surface area contributed by atoms with Gasteiger partial charge in [-0.1, -0.05) is 37.3 Å². The van der Waals surface area contributed by atoms with E-state index < -0.39 is 17.6 Å². The molecule has 15 heavy (non-hydrogen) atoms. The van der Waals surface area contributed by atoms with E-state index in [-0.39, 0.29) is 0 Å². The van der Waals surface area contributed by atoms with Crippen LogP contribution in [0.4, 0.5) is 0 Å². The molecule has 0 spiro atoms. The van der Waals surface area contributed by atoms with E-state index in [4.69, 9.17) is 4.12 Å². The average Bonchev–Trinajstić information content (AvgIpc) is 2.15. The predicted molar refractivity (Wildman–Crippen MR) is 67.3 cm³/mol. The summed E-state index contributed by atoms with van der Waals surface area (Å²) in [5.41, 5.74) is 1.71. The quantitative estimate of drug-likeness (QED) is 0.819. The van der Waals surface area contributed by atoms with Gasteiger partial charge in [0.05, 0.1) is 0 Å². The molecule has 1 aromatic rings. The Morgan fingerprint density at radius 3 is 2.27 bits per heavy atom. The van der Waals surface area contributed by atoms with Crippen molar-refractivity contribution >= 4 is 17.6 Å². The third kappa shape index (κ3) is 4.30. The molecular formula is C11H19O2Si2. The van der Waals surface area contributed by atoms with Crippen LogP contribution in [-0.2, 0) is 4.12 Å². The lowest BCUT2D eigenvalue weighted by Crippen LogP contribution is -2.39. The third-order valence-electron chi connectivity index (χ3n) is 2.32. The molecule has 0 saturated heterocycles. The topological polar surface area (TPSA) is 29.5 Å². The Hall–Kier alpha value is -0.426. The molecule has 1 atom stereocenters. The molecule has 1 aromatic carbocycles. The Kier molecular flexibility index (Phi) is 4.27. The summed E-state index contributed by atoms with van der Waals surface area (Å²) >= 11 is 0. The van der Waals surface area contributed by atoms with E-state index >= 15 is 0 Å². The van der Waals surface area contributed by atoms with Gasteiger partial charge in [0.15, 0.2) is 0 Å². The molecule has 0 bridgehead atoms. The first-order valence-corrected chi connectivity index (χ1v) is 10.0. The summed E-state index contributed by atoms with van der Waals surface area (Å²) in [6.07, 6.45) is 0. The van der Waals surface area contributed by atoms with E-state index in [1.54, 1.807) is 0 Å². The Balaban J connectivity index is 2.65. The van der Waals surface area contributed by atoms with E-state index in [1.807, 2.05) is 31.3 Å².